The zero-order chi connectivity index (χ0) is 23.5. The van der Waals surface area contributed by atoms with E-state index in [1.54, 1.807) is 36.4 Å². The summed E-state index contributed by atoms with van der Waals surface area (Å²) in [5.74, 6) is 1.24. The van der Waals surface area contributed by atoms with Gasteiger partial charge >= 0.3 is 0 Å². The van der Waals surface area contributed by atoms with Gasteiger partial charge in [-0.2, -0.15) is 10.5 Å². The van der Waals surface area contributed by atoms with Crippen LogP contribution in [0.2, 0.25) is 0 Å². The Kier molecular flexibility index (Phi) is 5.41. The third-order valence-corrected chi connectivity index (χ3v) is 5.40. The van der Waals surface area contributed by atoms with Crippen LogP contribution in [0.4, 0.5) is 5.69 Å². The molecular formula is C26H17N5O3. The molecule has 0 saturated heterocycles. The average Bonchev–Trinajstić information content (AvgIpc) is 3.56. The van der Waals surface area contributed by atoms with Crippen molar-refractivity contribution in [1.29, 1.82) is 10.5 Å². The Morgan fingerprint density at radius 1 is 0.853 bits per heavy atom. The van der Waals surface area contributed by atoms with Gasteiger partial charge in [0.25, 0.3) is 0 Å². The third kappa shape index (κ3) is 3.71. The molecule has 0 aliphatic carbocycles. The second kappa shape index (κ2) is 8.83. The van der Waals surface area contributed by atoms with Gasteiger partial charge in [-0.3, -0.25) is 0 Å². The summed E-state index contributed by atoms with van der Waals surface area (Å²) in [6.45, 7) is 0. The van der Waals surface area contributed by atoms with Crippen LogP contribution in [0, 0.1) is 22.7 Å². The molecule has 1 N–H and O–H groups in total. The normalized spacial score (nSPS) is 12.7. The summed E-state index contributed by atoms with van der Waals surface area (Å²) < 4.78 is 10.6. The summed E-state index contributed by atoms with van der Waals surface area (Å²) in [7, 11) is 1.62. The van der Waals surface area contributed by atoms with Crippen LogP contribution in [0.3, 0.4) is 0 Å². The number of anilines is 1. The summed E-state index contributed by atoms with van der Waals surface area (Å²) in [5.41, 5.74) is 8.42. The van der Waals surface area contributed by atoms with Crippen LogP contribution in [0.5, 0.6) is 5.75 Å². The second-order valence-corrected chi connectivity index (χ2v) is 7.36. The molecule has 0 fully saturated rings. The fraction of sp³-hybridized carbons (Fsp3) is 0.0385. The number of hydrazine groups is 1. The molecule has 0 saturated carbocycles. The predicted molar refractivity (Wildman–Crippen MR) is 124 cm³/mol. The number of methoxy groups -OCH3 is 1. The topological polar surface area (TPSA) is 107 Å². The molecule has 3 aromatic carbocycles. The van der Waals surface area contributed by atoms with Crippen molar-refractivity contribution in [3.05, 3.63) is 101 Å². The molecule has 0 amide bonds. The first-order valence-corrected chi connectivity index (χ1v) is 10.3. The van der Waals surface area contributed by atoms with Gasteiger partial charge in [-0.05, 0) is 60.7 Å². The number of rotatable bonds is 5. The third-order valence-electron chi connectivity index (χ3n) is 5.40. The monoisotopic (exact) mass is 447 g/mol. The molecule has 8 heteroatoms. The molecule has 2 heterocycles. The summed E-state index contributed by atoms with van der Waals surface area (Å²) in [6.07, 6.45) is 1.52. The zero-order valence-electron chi connectivity index (χ0n) is 18.0. The first kappa shape index (κ1) is 20.8. The van der Waals surface area contributed by atoms with Crippen molar-refractivity contribution in [2.75, 3.05) is 12.1 Å². The van der Waals surface area contributed by atoms with E-state index in [9.17, 15) is 0 Å². The van der Waals surface area contributed by atoms with Crippen molar-refractivity contribution >= 4 is 17.1 Å². The minimum Gasteiger partial charge on any atom is -0.497 e. The lowest BCUT2D eigenvalue weighted by Crippen LogP contribution is -2.30. The number of hydrogen-bond acceptors (Lipinski definition) is 8. The summed E-state index contributed by atoms with van der Waals surface area (Å²) >= 11 is 0. The van der Waals surface area contributed by atoms with Gasteiger partial charge in [-0.1, -0.05) is 22.9 Å². The van der Waals surface area contributed by atoms with Crippen molar-refractivity contribution in [3.63, 3.8) is 0 Å². The highest BCUT2D eigenvalue weighted by molar-refractivity contribution is 5.98. The van der Waals surface area contributed by atoms with Gasteiger partial charge in [-0.15, -0.1) is 0 Å². The Balaban J connectivity index is 1.65. The smallest absolute Gasteiger partial charge is 0.188 e. The Bertz CT molecular complexity index is 1440. The minimum absolute atomic E-state index is 0.509. The zero-order valence-corrected chi connectivity index (χ0v) is 18.0. The molecule has 1 aliphatic rings. The Morgan fingerprint density at radius 2 is 1.47 bits per heavy atom. The largest absolute Gasteiger partial charge is 0.497 e. The molecule has 1 aliphatic heterocycles. The van der Waals surface area contributed by atoms with Crippen LogP contribution in [0.1, 0.15) is 22.3 Å². The highest BCUT2D eigenvalue weighted by Crippen LogP contribution is 2.40. The quantitative estimate of drug-likeness (QED) is 0.461. The van der Waals surface area contributed by atoms with Crippen LogP contribution < -0.4 is 15.3 Å². The number of benzene rings is 3. The minimum atomic E-state index is 0.509. The van der Waals surface area contributed by atoms with E-state index in [-0.39, 0.29) is 0 Å². The lowest BCUT2D eigenvalue weighted by atomic mass is 10.0. The van der Waals surface area contributed by atoms with Crippen LogP contribution in [-0.2, 0) is 4.84 Å². The summed E-state index contributed by atoms with van der Waals surface area (Å²) in [4.78, 5) is 5.96. The van der Waals surface area contributed by atoms with Gasteiger partial charge in [0.1, 0.15) is 23.4 Å². The van der Waals surface area contributed by atoms with E-state index in [2.05, 4.69) is 22.9 Å². The van der Waals surface area contributed by atoms with Gasteiger partial charge in [0, 0.05) is 11.1 Å². The molecule has 8 nitrogen and oxygen atoms in total. The SMILES string of the molecule is COc1ccc(C2=C(c3conc3-c3ccc(C#N)cc3)ONN2c2ccc(C#N)cc2)cc1. The lowest BCUT2D eigenvalue weighted by molar-refractivity contribution is 0.180. The van der Waals surface area contributed by atoms with Gasteiger partial charge in [0.05, 0.1) is 41.6 Å². The first-order valence-electron chi connectivity index (χ1n) is 10.3. The number of nitrogens with one attached hydrogen (secondary N) is 1. The van der Waals surface area contributed by atoms with Crippen molar-refractivity contribution in [3.8, 4) is 29.1 Å². The molecule has 0 bridgehead atoms. The molecule has 34 heavy (non-hydrogen) atoms. The van der Waals surface area contributed by atoms with E-state index in [4.69, 9.17) is 24.6 Å². The van der Waals surface area contributed by atoms with Crippen molar-refractivity contribution in [2.45, 2.75) is 0 Å². The molecule has 5 rings (SSSR count). The maximum Gasteiger partial charge on any atom is 0.188 e. The molecule has 0 radical (unpaired) electrons. The van der Waals surface area contributed by atoms with E-state index in [1.807, 2.05) is 48.5 Å². The number of nitriles is 2. The number of nitrogens with zero attached hydrogens (tertiary/aromatic N) is 4. The fourth-order valence-electron chi connectivity index (χ4n) is 3.65. The van der Waals surface area contributed by atoms with E-state index in [0.717, 1.165) is 28.3 Å². The summed E-state index contributed by atoms with van der Waals surface area (Å²) in [6, 6.07) is 26.0. The maximum absolute atomic E-state index is 9.15. The maximum atomic E-state index is 9.15. The molecule has 164 valence electrons. The van der Waals surface area contributed by atoms with E-state index >= 15 is 0 Å². The molecule has 0 spiro atoms. The highest BCUT2D eigenvalue weighted by atomic mass is 16.7. The van der Waals surface area contributed by atoms with E-state index < -0.39 is 0 Å². The molecule has 4 aromatic rings. The van der Waals surface area contributed by atoms with Crippen molar-refractivity contribution in [1.82, 2.24) is 10.7 Å². The van der Waals surface area contributed by atoms with E-state index in [1.165, 1.54) is 6.26 Å². The van der Waals surface area contributed by atoms with E-state index in [0.29, 0.717) is 28.1 Å². The number of ether oxygens (including phenoxy) is 1. The number of hydrogen-bond donors (Lipinski definition) is 1. The highest BCUT2D eigenvalue weighted by Gasteiger charge is 2.31. The second-order valence-electron chi connectivity index (χ2n) is 7.36. The number of aromatic nitrogens is 1. The lowest BCUT2D eigenvalue weighted by Gasteiger charge is -2.20. The predicted octanol–water partition coefficient (Wildman–Crippen LogP) is 4.88. The van der Waals surface area contributed by atoms with Crippen LogP contribution in [0.15, 0.2) is 83.6 Å². The summed E-state index contributed by atoms with van der Waals surface area (Å²) in [5, 5.41) is 24.2. The first-order chi connectivity index (χ1) is 16.7. The van der Waals surface area contributed by atoms with Gasteiger partial charge < -0.3 is 14.1 Å². The molecular weight excluding hydrogens is 430 g/mol. The Labute approximate surface area is 195 Å². The van der Waals surface area contributed by atoms with Crippen LogP contribution in [0.25, 0.3) is 22.7 Å². The van der Waals surface area contributed by atoms with Crippen LogP contribution in [-0.4, -0.2) is 12.3 Å². The molecule has 0 atom stereocenters. The molecule has 1 aromatic heterocycles. The standard InChI is InChI=1S/C26H17N5O3/c1-32-22-12-8-20(9-13-22)25-26(34-30-31(25)21-10-4-18(15-28)5-11-21)23-16-33-29-24(23)19-6-2-17(14-27)3-7-19/h2-13,16,30H,1H3. The fourth-order valence-corrected chi connectivity index (χ4v) is 3.65. The van der Waals surface area contributed by atoms with Gasteiger partial charge in [-0.25, -0.2) is 5.01 Å². The van der Waals surface area contributed by atoms with Crippen molar-refractivity contribution in [2.24, 2.45) is 0 Å². The average molecular weight is 447 g/mol. The molecule has 0 unspecified atom stereocenters. The van der Waals surface area contributed by atoms with Crippen LogP contribution >= 0.6 is 0 Å². The Morgan fingerprint density at radius 3 is 2.09 bits per heavy atom. The van der Waals surface area contributed by atoms with Gasteiger partial charge in [0.2, 0.25) is 0 Å². The van der Waals surface area contributed by atoms with Gasteiger partial charge in [0.15, 0.2) is 5.76 Å². The van der Waals surface area contributed by atoms with Crippen molar-refractivity contribution < 1.29 is 14.1 Å². The Hall–Kier alpha value is -5.05.